The number of aromatic nitrogens is 2. The number of halogens is 2. The Labute approximate surface area is 176 Å². The molecule has 3 heterocycles. The summed E-state index contributed by atoms with van der Waals surface area (Å²) in [7, 11) is 0. The number of anilines is 1. The van der Waals surface area contributed by atoms with E-state index in [1.54, 1.807) is 19.2 Å². The van der Waals surface area contributed by atoms with E-state index in [1.165, 1.54) is 11.4 Å². The number of ether oxygens (including phenoxy) is 1. The lowest BCUT2D eigenvalue weighted by Gasteiger charge is -2.25. The fraction of sp³-hybridized carbons (Fsp3) is 0.286. The molecular weight excluding hydrogens is 410 g/mol. The van der Waals surface area contributed by atoms with Gasteiger partial charge in [-0.15, -0.1) is 11.3 Å². The highest BCUT2D eigenvalue weighted by molar-refractivity contribution is 7.13. The molecule has 4 rings (SSSR count). The predicted molar refractivity (Wildman–Crippen MR) is 111 cm³/mol. The molecule has 3 aromatic rings. The molecule has 156 valence electrons. The third-order valence-corrected chi connectivity index (χ3v) is 5.69. The van der Waals surface area contributed by atoms with Gasteiger partial charge >= 0.3 is 0 Å². The maximum absolute atomic E-state index is 14.0. The number of carbonyl (C=O) groups excluding carboxylic acids is 1. The van der Waals surface area contributed by atoms with Crippen molar-refractivity contribution in [1.29, 1.82) is 0 Å². The van der Waals surface area contributed by atoms with Crippen LogP contribution in [0.25, 0.3) is 10.6 Å². The van der Waals surface area contributed by atoms with E-state index in [9.17, 15) is 13.6 Å². The lowest BCUT2D eigenvalue weighted by Crippen LogP contribution is -2.34. The van der Waals surface area contributed by atoms with Gasteiger partial charge in [-0.3, -0.25) is 9.78 Å². The van der Waals surface area contributed by atoms with Gasteiger partial charge in [-0.05, 0) is 45.0 Å². The van der Waals surface area contributed by atoms with Gasteiger partial charge in [0.25, 0.3) is 5.91 Å². The number of thiazole rings is 1. The third-order valence-electron chi connectivity index (χ3n) is 4.83. The van der Waals surface area contributed by atoms with Crippen molar-refractivity contribution in [3.8, 4) is 16.3 Å². The molecule has 0 unspecified atom stereocenters. The number of piperidine rings is 1. The molecular formula is C21H20F2N4O2S. The molecule has 1 aliphatic heterocycles. The number of amides is 1. The molecule has 0 saturated carbocycles. The molecule has 1 amide bonds. The number of rotatable bonds is 5. The van der Waals surface area contributed by atoms with Crippen LogP contribution >= 0.6 is 11.3 Å². The monoisotopic (exact) mass is 430 g/mol. The summed E-state index contributed by atoms with van der Waals surface area (Å²) in [5.74, 6) is -1.41. The van der Waals surface area contributed by atoms with Crippen molar-refractivity contribution < 1.29 is 18.3 Å². The average molecular weight is 430 g/mol. The highest BCUT2D eigenvalue weighted by Gasteiger charge is 2.21. The minimum Gasteiger partial charge on any atom is -0.488 e. The lowest BCUT2D eigenvalue weighted by molar-refractivity contribution is 0.102. The SMILES string of the molecule is Cc1nccc(OC2CCNCC2)c1NC(=O)c1csc(-c2c(F)cccc2F)n1. The van der Waals surface area contributed by atoms with Crippen molar-refractivity contribution in [2.24, 2.45) is 0 Å². The van der Waals surface area contributed by atoms with Gasteiger partial charge in [-0.25, -0.2) is 13.8 Å². The van der Waals surface area contributed by atoms with Crippen LogP contribution in [0.4, 0.5) is 14.5 Å². The summed E-state index contributed by atoms with van der Waals surface area (Å²) < 4.78 is 34.1. The van der Waals surface area contributed by atoms with Crippen LogP contribution in [0.1, 0.15) is 29.0 Å². The second-order valence-electron chi connectivity index (χ2n) is 6.93. The van der Waals surface area contributed by atoms with E-state index in [-0.39, 0.29) is 22.4 Å². The Kier molecular flexibility index (Phi) is 6.01. The summed E-state index contributed by atoms with van der Waals surface area (Å²) >= 11 is 1.00. The largest absolute Gasteiger partial charge is 0.488 e. The molecule has 0 radical (unpaired) electrons. The zero-order valence-corrected chi connectivity index (χ0v) is 17.1. The average Bonchev–Trinajstić information content (AvgIpc) is 3.21. The predicted octanol–water partition coefficient (Wildman–Crippen LogP) is 4.17. The zero-order chi connectivity index (χ0) is 21.1. The molecule has 1 aromatic carbocycles. The second kappa shape index (κ2) is 8.85. The first-order valence-corrected chi connectivity index (χ1v) is 10.4. The number of hydrogen-bond acceptors (Lipinski definition) is 6. The van der Waals surface area contributed by atoms with E-state index in [2.05, 4.69) is 20.6 Å². The first-order valence-electron chi connectivity index (χ1n) is 9.57. The summed E-state index contributed by atoms with van der Waals surface area (Å²) in [4.78, 5) is 21.1. The maximum Gasteiger partial charge on any atom is 0.275 e. The van der Waals surface area contributed by atoms with Crippen LogP contribution in [-0.4, -0.2) is 35.1 Å². The number of nitrogens with one attached hydrogen (secondary N) is 2. The molecule has 0 spiro atoms. The number of carbonyl (C=O) groups is 1. The van der Waals surface area contributed by atoms with Gasteiger partial charge in [0.15, 0.2) is 0 Å². The van der Waals surface area contributed by atoms with Gasteiger partial charge in [-0.2, -0.15) is 0 Å². The van der Waals surface area contributed by atoms with Gasteiger partial charge in [0.2, 0.25) is 0 Å². The molecule has 2 aromatic heterocycles. The Morgan fingerprint density at radius 2 is 1.97 bits per heavy atom. The van der Waals surface area contributed by atoms with Gasteiger partial charge in [0.05, 0.1) is 11.3 Å². The molecule has 2 N–H and O–H groups in total. The summed E-state index contributed by atoms with van der Waals surface area (Å²) in [5.41, 5.74) is 0.890. The Morgan fingerprint density at radius 3 is 2.70 bits per heavy atom. The highest BCUT2D eigenvalue weighted by atomic mass is 32.1. The van der Waals surface area contributed by atoms with Crippen LogP contribution in [0.5, 0.6) is 5.75 Å². The number of aryl methyl sites for hydroxylation is 1. The fourth-order valence-corrected chi connectivity index (χ4v) is 4.11. The van der Waals surface area contributed by atoms with Crippen molar-refractivity contribution in [1.82, 2.24) is 15.3 Å². The molecule has 9 heteroatoms. The fourth-order valence-electron chi connectivity index (χ4n) is 3.26. The Balaban J connectivity index is 1.55. The Hall–Kier alpha value is -2.91. The quantitative estimate of drug-likeness (QED) is 0.635. The van der Waals surface area contributed by atoms with E-state index in [0.29, 0.717) is 17.1 Å². The van der Waals surface area contributed by atoms with Crippen LogP contribution in [0.2, 0.25) is 0 Å². The molecule has 0 bridgehead atoms. The third kappa shape index (κ3) is 4.31. The smallest absolute Gasteiger partial charge is 0.275 e. The van der Waals surface area contributed by atoms with Crippen molar-refractivity contribution in [2.45, 2.75) is 25.9 Å². The van der Waals surface area contributed by atoms with Gasteiger partial charge < -0.3 is 15.4 Å². The number of pyridine rings is 1. The van der Waals surface area contributed by atoms with Crippen LogP contribution in [0.3, 0.4) is 0 Å². The highest BCUT2D eigenvalue weighted by Crippen LogP contribution is 2.31. The zero-order valence-electron chi connectivity index (χ0n) is 16.2. The minimum atomic E-state index is -0.725. The summed E-state index contributed by atoms with van der Waals surface area (Å²) in [6, 6.07) is 5.31. The summed E-state index contributed by atoms with van der Waals surface area (Å²) in [6.45, 7) is 3.53. The van der Waals surface area contributed by atoms with Crippen molar-refractivity contribution >= 4 is 22.9 Å². The maximum atomic E-state index is 14.0. The van der Waals surface area contributed by atoms with Crippen LogP contribution in [0, 0.1) is 18.6 Å². The van der Waals surface area contributed by atoms with Crippen LogP contribution < -0.4 is 15.4 Å². The molecule has 1 aliphatic rings. The van der Waals surface area contributed by atoms with E-state index >= 15 is 0 Å². The van der Waals surface area contributed by atoms with Crippen molar-refractivity contribution in [2.75, 3.05) is 18.4 Å². The summed E-state index contributed by atoms with van der Waals surface area (Å²) in [6.07, 6.45) is 3.43. The van der Waals surface area contributed by atoms with E-state index in [4.69, 9.17) is 4.74 Å². The standard InChI is InChI=1S/C21H20F2N4O2S/c1-12-19(17(7-10-25-12)29-13-5-8-24-9-6-13)27-20(28)16-11-30-21(26-16)18-14(22)3-2-4-15(18)23/h2-4,7,10-11,13,24H,5-6,8-9H2,1H3,(H,27,28). The first kappa shape index (κ1) is 20.4. The van der Waals surface area contributed by atoms with Crippen LogP contribution in [-0.2, 0) is 0 Å². The molecule has 6 nitrogen and oxygen atoms in total. The second-order valence-corrected chi connectivity index (χ2v) is 7.78. The van der Waals surface area contributed by atoms with Gasteiger partial charge in [0.1, 0.15) is 39.9 Å². The molecule has 1 fully saturated rings. The van der Waals surface area contributed by atoms with Gasteiger partial charge in [-0.1, -0.05) is 6.07 Å². The summed E-state index contributed by atoms with van der Waals surface area (Å²) in [5, 5.41) is 7.64. The normalized spacial score (nSPS) is 14.5. The van der Waals surface area contributed by atoms with E-state index < -0.39 is 17.5 Å². The molecule has 0 aliphatic carbocycles. The first-order chi connectivity index (χ1) is 14.5. The Morgan fingerprint density at radius 1 is 1.23 bits per heavy atom. The topological polar surface area (TPSA) is 76.1 Å². The molecule has 30 heavy (non-hydrogen) atoms. The number of nitrogens with zero attached hydrogens (tertiary/aromatic N) is 2. The Bertz CT molecular complexity index is 1050. The number of hydrogen-bond donors (Lipinski definition) is 2. The van der Waals surface area contributed by atoms with E-state index in [0.717, 1.165) is 49.4 Å². The minimum absolute atomic E-state index is 0.0543. The number of benzene rings is 1. The molecule has 1 saturated heterocycles. The lowest BCUT2D eigenvalue weighted by atomic mass is 10.1. The molecule has 0 atom stereocenters. The van der Waals surface area contributed by atoms with Crippen LogP contribution in [0.15, 0.2) is 35.8 Å². The van der Waals surface area contributed by atoms with Crippen molar-refractivity contribution in [3.63, 3.8) is 0 Å². The van der Waals surface area contributed by atoms with E-state index in [1.807, 2.05) is 0 Å². The van der Waals surface area contributed by atoms with Gasteiger partial charge in [0, 0.05) is 17.6 Å². The van der Waals surface area contributed by atoms with Crippen molar-refractivity contribution in [3.05, 3.63) is 58.9 Å².